The Morgan fingerprint density at radius 3 is 2.68 bits per heavy atom. The molecule has 0 aliphatic rings. The molecule has 2 aromatic heterocycles. The van der Waals surface area contributed by atoms with Crippen molar-refractivity contribution in [2.24, 2.45) is 0 Å². The molecule has 4 rings (SSSR count). The average Bonchev–Trinajstić information content (AvgIpc) is 2.98. The van der Waals surface area contributed by atoms with Crippen molar-refractivity contribution in [2.75, 3.05) is 0 Å². The highest BCUT2D eigenvalue weighted by atomic mass is 32.1. The van der Waals surface area contributed by atoms with E-state index < -0.39 is 0 Å². The lowest BCUT2D eigenvalue weighted by Crippen LogP contribution is -1.91. The molecule has 4 aromatic rings. The zero-order valence-corrected chi connectivity index (χ0v) is 13.2. The van der Waals surface area contributed by atoms with Crippen LogP contribution in [0.4, 0.5) is 0 Å². The van der Waals surface area contributed by atoms with Crippen molar-refractivity contribution in [3.63, 3.8) is 0 Å². The first-order valence-electron chi connectivity index (χ1n) is 7.60. The summed E-state index contributed by atoms with van der Waals surface area (Å²) >= 11 is 1.73. The van der Waals surface area contributed by atoms with Crippen molar-refractivity contribution in [3.8, 4) is 10.6 Å². The maximum Gasteiger partial charge on any atom is 0.126 e. The molecular weight excluding hydrogens is 288 g/mol. The summed E-state index contributed by atoms with van der Waals surface area (Å²) in [5.41, 5.74) is 4.41. The lowest BCUT2D eigenvalue weighted by molar-refractivity contribution is 0.890. The fourth-order valence-corrected chi connectivity index (χ4v) is 3.73. The molecule has 0 radical (unpaired) electrons. The highest BCUT2D eigenvalue weighted by Gasteiger charge is 2.10. The summed E-state index contributed by atoms with van der Waals surface area (Å²) in [7, 11) is 0. The van der Waals surface area contributed by atoms with Crippen LogP contribution in [0.1, 0.15) is 19.0 Å². The second-order valence-electron chi connectivity index (χ2n) is 5.42. The first kappa shape index (κ1) is 13.4. The van der Waals surface area contributed by atoms with Gasteiger partial charge in [-0.1, -0.05) is 43.7 Å². The number of pyridine rings is 1. The number of rotatable bonds is 3. The van der Waals surface area contributed by atoms with Crippen LogP contribution in [0.25, 0.3) is 31.7 Å². The van der Waals surface area contributed by atoms with Crippen molar-refractivity contribution in [2.45, 2.75) is 19.8 Å². The smallest absolute Gasteiger partial charge is 0.126 e. The zero-order valence-electron chi connectivity index (χ0n) is 12.4. The van der Waals surface area contributed by atoms with Gasteiger partial charge in [-0.25, -0.2) is 4.98 Å². The monoisotopic (exact) mass is 304 g/mol. The second-order valence-corrected chi connectivity index (χ2v) is 6.45. The molecule has 0 unspecified atom stereocenters. The van der Waals surface area contributed by atoms with Crippen molar-refractivity contribution in [1.29, 1.82) is 0 Å². The van der Waals surface area contributed by atoms with Gasteiger partial charge in [-0.05, 0) is 30.7 Å². The molecular formula is C19H16N2S. The first-order valence-corrected chi connectivity index (χ1v) is 8.41. The third-order valence-corrected chi connectivity index (χ3v) is 4.88. The van der Waals surface area contributed by atoms with Crippen LogP contribution in [0.3, 0.4) is 0 Å². The Hall–Kier alpha value is -2.26. The number of aryl methyl sites for hydroxylation is 1. The van der Waals surface area contributed by atoms with Crippen LogP contribution in [0.5, 0.6) is 0 Å². The molecule has 0 fully saturated rings. The van der Waals surface area contributed by atoms with Crippen molar-refractivity contribution in [1.82, 2.24) is 9.97 Å². The summed E-state index contributed by atoms with van der Waals surface area (Å²) in [4.78, 5) is 9.67. The predicted molar refractivity (Wildman–Crippen MR) is 94.4 cm³/mol. The highest BCUT2D eigenvalue weighted by molar-refractivity contribution is 7.21. The van der Waals surface area contributed by atoms with E-state index in [1.54, 1.807) is 11.3 Å². The maximum atomic E-state index is 4.88. The SMILES string of the molecule is CCCc1ccc2cccc(-c3nc4ccccc4s3)c2n1. The van der Waals surface area contributed by atoms with Gasteiger partial charge in [0.2, 0.25) is 0 Å². The number of hydrogen-bond donors (Lipinski definition) is 0. The van der Waals surface area contributed by atoms with Crippen molar-refractivity contribution >= 4 is 32.5 Å². The minimum absolute atomic E-state index is 1.02. The molecule has 3 heteroatoms. The van der Waals surface area contributed by atoms with Gasteiger partial charge in [0.15, 0.2) is 0 Å². The molecule has 2 aromatic carbocycles. The topological polar surface area (TPSA) is 25.8 Å². The molecule has 2 heterocycles. The highest BCUT2D eigenvalue weighted by Crippen LogP contribution is 2.33. The second kappa shape index (κ2) is 5.50. The third-order valence-electron chi connectivity index (χ3n) is 3.81. The number of nitrogens with zero attached hydrogens (tertiary/aromatic N) is 2. The Morgan fingerprint density at radius 1 is 0.909 bits per heavy atom. The van der Waals surface area contributed by atoms with E-state index in [9.17, 15) is 0 Å². The van der Waals surface area contributed by atoms with Gasteiger partial charge in [-0.15, -0.1) is 11.3 Å². The van der Waals surface area contributed by atoms with Crippen LogP contribution in [0.15, 0.2) is 54.6 Å². The Balaban J connectivity index is 1.94. The van der Waals surface area contributed by atoms with E-state index in [1.807, 2.05) is 6.07 Å². The zero-order chi connectivity index (χ0) is 14.9. The fourth-order valence-electron chi connectivity index (χ4n) is 2.74. The normalized spacial score (nSPS) is 11.3. The first-order chi connectivity index (χ1) is 10.8. The summed E-state index contributed by atoms with van der Waals surface area (Å²) in [5.74, 6) is 0. The molecule has 0 amide bonds. The molecule has 0 saturated carbocycles. The Bertz CT molecular complexity index is 923. The number of thiazole rings is 1. The molecule has 0 atom stereocenters. The molecule has 0 spiro atoms. The lowest BCUT2D eigenvalue weighted by Gasteiger charge is -2.05. The number of aromatic nitrogens is 2. The summed E-state index contributed by atoms with van der Waals surface area (Å²) in [6.45, 7) is 2.19. The molecule has 0 saturated heterocycles. The molecule has 22 heavy (non-hydrogen) atoms. The van der Waals surface area contributed by atoms with Crippen LogP contribution >= 0.6 is 11.3 Å². The maximum absolute atomic E-state index is 4.88. The van der Waals surface area contributed by atoms with Crippen molar-refractivity contribution in [3.05, 3.63) is 60.3 Å². The van der Waals surface area contributed by atoms with E-state index in [2.05, 4.69) is 55.5 Å². The third kappa shape index (κ3) is 2.28. The minimum Gasteiger partial charge on any atom is -0.252 e. The number of benzene rings is 2. The van der Waals surface area contributed by atoms with Gasteiger partial charge >= 0.3 is 0 Å². The van der Waals surface area contributed by atoms with E-state index in [0.717, 1.165) is 40.1 Å². The van der Waals surface area contributed by atoms with Crippen LogP contribution in [-0.2, 0) is 6.42 Å². The molecule has 0 bridgehead atoms. The molecule has 2 nitrogen and oxygen atoms in total. The van der Waals surface area contributed by atoms with Crippen LogP contribution in [0, 0.1) is 0 Å². The van der Waals surface area contributed by atoms with Gasteiger partial charge in [0.25, 0.3) is 0 Å². The fraction of sp³-hybridized carbons (Fsp3) is 0.158. The Labute approximate surface area is 133 Å². The molecule has 0 aliphatic heterocycles. The molecule has 108 valence electrons. The quantitative estimate of drug-likeness (QED) is 0.502. The average molecular weight is 304 g/mol. The summed E-state index contributed by atoms with van der Waals surface area (Å²) in [6.07, 6.45) is 2.13. The van der Waals surface area contributed by atoms with E-state index in [1.165, 1.54) is 10.1 Å². The van der Waals surface area contributed by atoms with E-state index >= 15 is 0 Å². The van der Waals surface area contributed by atoms with Gasteiger partial charge in [-0.2, -0.15) is 0 Å². The summed E-state index contributed by atoms with van der Waals surface area (Å²) in [6, 6.07) is 18.9. The standard InChI is InChI=1S/C19H16N2S/c1-2-6-14-12-11-13-7-5-8-15(18(13)20-14)19-21-16-9-3-4-10-17(16)22-19/h3-5,7-12H,2,6H2,1H3. The number of fused-ring (bicyclic) bond motifs is 2. The van der Waals surface area contributed by atoms with Gasteiger partial charge in [0, 0.05) is 16.6 Å². The summed E-state index contributed by atoms with van der Waals surface area (Å²) in [5, 5.41) is 2.23. The lowest BCUT2D eigenvalue weighted by atomic mass is 10.1. The molecule has 0 N–H and O–H groups in total. The Kier molecular flexibility index (Phi) is 3.35. The van der Waals surface area contributed by atoms with Gasteiger partial charge < -0.3 is 0 Å². The van der Waals surface area contributed by atoms with Crippen LogP contribution in [-0.4, -0.2) is 9.97 Å². The van der Waals surface area contributed by atoms with Gasteiger partial charge in [0.1, 0.15) is 5.01 Å². The summed E-state index contributed by atoms with van der Waals surface area (Å²) < 4.78 is 1.22. The van der Waals surface area contributed by atoms with E-state index in [0.29, 0.717) is 0 Å². The number of hydrogen-bond acceptors (Lipinski definition) is 3. The van der Waals surface area contributed by atoms with Gasteiger partial charge in [0.05, 0.1) is 15.7 Å². The number of para-hydroxylation sites is 2. The van der Waals surface area contributed by atoms with Crippen molar-refractivity contribution < 1.29 is 0 Å². The van der Waals surface area contributed by atoms with Gasteiger partial charge in [-0.3, -0.25) is 4.98 Å². The van der Waals surface area contributed by atoms with Crippen LogP contribution < -0.4 is 0 Å². The molecule has 0 aliphatic carbocycles. The largest absolute Gasteiger partial charge is 0.252 e. The van der Waals surface area contributed by atoms with E-state index in [-0.39, 0.29) is 0 Å². The predicted octanol–water partition coefficient (Wildman–Crippen LogP) is 5.46. The van der Waals surface area contributed by atoms with E-state index in [4.69, 9.17) is 9.97 Å². The minimum atomic E-state index is 1.02. The van der Waals surface area contributed by atoms with Crippen LogP contribution in [0.2, 0.25) is 0 Å². The Morgan fingerprint density at radius 2 is 1.82 bits per heavy atom.